The van der Waals surface area contributed by atoms with Crippen LogP contribution in [-0.4, -0.2) is 25.5 Å². The number of rotatable bonds is 7. The summed E-state index contributed by atoms with van der Waals surface area (Å²) in [6.45, 7) is 1.69. The molecule has 3 N–H and O–H groups in total. The van der Waals surface area contributed by atoms with Crippen molar-refractivity contribution < 1.29 is 18.3 Å². The molecule has 20 heavy (non-hydrogen) atoms. The van der Waals surface area contributed by atoms with Crippen LogP contribution in [0.25, 0.3) is 0 Å². The molecule has 0 heterocycles. The van der Waals surface area contributed by atoms with E-state index in [-0.39, 0.29) is 30.8 Å². The lowest BCUT2D eigenvalue weighted by atomic mass is 10.1. The number of benzene rings is 1. The zero-order chi connectivity index (χ0) is 14.3. The predicted molar refractivity (Wildman–Crippen MR) is 75.3 cm³/mol. The van der Waals surface area contributed by atoms with Gasteiger partial charge in [-0.1, -0.05) is 19.1 Å². The number of ether oxygens (including phenoxy) is 1. The van der Waals surface area contributed by atoms with Crippen molar-refractivity contribution in [1.29, 1.82) is 0 Å². The van der Waals surface area contributed by atoms with E-state index in [1.165, 1.54) is 0 Å². The Morgan fingerprint density at radius 1 is 1.45 bits per heavy atom. The number of amides is 1. The second kappa shape index (κ2) is 9.50. The van der Waals surface area contributed by atoms with E-state index in [0.717, 1.165) is 5.56 Å². The average molecular weight is 309 g/mol. The molecule has 0 aliphatic carbocycles. The zero-order valence-electron chi connectivity index (χ0n) is 11.1. The summed E-state index contributed by atoms with van der Waals surface area (Å²) in [6.07, 6.45) is -2.51. The fourth-order valence-electron chi connectivity index (χ4n) is 1.37. The lowest BCUT2D eigenvalue weighted by Crippen LogP contribution is -2.32. The maximum absolute atomic E-state index is 12.0. The fraction of sp³-hybridized carbons (Fsp3) is 0.462. The molecule has 0 saturated heterocycles. The van der Waals surface area contributed by atoms with Crippen molar-refractivity contribution in [3.8, 4) is 5.75 Å². The molecule has 114 valence electrons. The number of halogens is 3. The van der Waals surface area contributed by atoms with Crippen molar-refractivity contribution in [1.82, 2.24) is 5.32 Å². The second-order valence-corrected chi connectivity index (χ2v) is 4.20. The Morgan fingerprint density at radius 3 is 2.75 bits per heavy atom. The molecule has 1 rings (SSSR count). The highest BCUT2D eigenvalue weighted by molar-refractivity contribution is 5.85. The first-order chi connectivity index (χ1) is 9.02. The zero-order valence-corrected chi connectivity index (χ0v) is 12.0. The van der Waals surface area contributed by atoms with E-state index in [4.69, 9.17) is 10.5 Å². The van der Waals surface area contributed by atoms with Crippen LogP contribution in [-0.2, 0) is 11.3 Å². The van der Waals surface area contributed by atoms with Gasteiger partial charge in [-0.2, -0.15) is 0 Å². The highest BCUT2D eigenvalue weighted by Crippen LogP contribution is 2.14. The summed E-state index contributed by atoms with van der Waals surface area (Å²) in [7, 11) is 0. The Hall–Kier alpha value is -1.40. The van der Waals surface area contributed by atoms with Gasteiger partial charge in [-0.05, 0) is 17.7 Å². The van der Waals surface area contributed by atoms with Crippen LogP contribution < -0.4 is 15.8 Å². The third-order valence-electron chi connectivity index (χ3n) is 2.54. The van der Waals surface area contributed by atoms with Crippen LogP contribution in [0.15, 0.2) is 24.3 Å². The van der Waals surface area contributed by atoms with Gasteiger partial charge in [0.15, 0.2) is 0 Å². The van der Waals surface area contributed by atoms with E-state index in [1.807, 2.05) is 0 Å². The largest absolute Gasteiger partial charge is 0.488 e. The molecular formula is C13H19ClF2N2O2. The lowest BCUT2D eigenvalue weighted by molar-refractivity contribution is -0.124. The van der Waals surface area contributed by atoms with Gasteiger partial charge in [0.1, 0.15) is 12.4 Å². The standard InChI is InChI=1S/C13H18F2N2O2.ClH/c1-9(6-16)13(18)17-7-10-3-2-4-11(5-10)19-8-12(14)15;/h2-5,9,12H,6-8,16H2,1H3,(H,17,18);1H. The van der Waals surface area contributed by atoms with Crippen LogP contribution in [0.1, 0.15) is 12.5 Å². The third-order valence-corrected chi connectivity index (χ3v) is 2.54. The van der Waals surface area contributed by atoms with Crippen LogP contribution in [0.2, 0.25) is 0 Å². The normalized spacial score (nSPS) is 11.7. The van der Waals surface area contributed by atoms with E-state index in [2.05, 4.69) is 5.32 Å². The number of nitrogens with one attached hydrogen (secondary N) is 1. The smallest absolute Gasteiger partial charge is 0.272 e. The number of nitrogens with two attached hydrogens (primary N) is 1. The highest BCUT2D eigenvalue weighted by Gasteiger charge is 2.10. The van der Waals surface area contributed by atoms with Crippen LogP contribution >= 0.6 is 12.4 Å². The summed E-state index contributed by atoms with van der Waals surface area (Å²) in [5, 5.41) is 2.72. The van der Waals surface area contributed by atoms with Crippen molar-refractivity contribution in [3.05, 3.63) is 29.8 Å². The van der Waals surface area contributed by atoms with Gasteiger partial charge in [0, 0.05) is 19.0 Å². The number of hydrogen-bond acceptors (Lipinski definition) is 3. The molecule has 0 radical (unpaired) electrons. The summed E-state index contributed by atoms with van der Waals surface area (Å²) in [6, 6.07) is 6.68. The molecule has 0 spiro atoms. The highest BCUT2D eigenvalue weighted by atomic mass is 35.5. The number of carbonyl (C=O) groups excluding carboxylic acids is 1. The first-order valence-corrected chi connectivity index (χ1v) is 6.00. The van der Waals surface area contributed by atoms with Gasteiger partial charge in [-0.15, -0.1) is 12.4 Å². The summed E-state index contributed by atoms with van der Waals surface area (Å²) >= 11 is 0. The summed E-state index contributed by atoms with van der Waals surface area (Å²) < 4.78 is 28.9. The molecule has 0 bridgehead atoms. The Bertz CT molecular complexity index is 419. The topological polar surface area (TPSA) is 64.4 Å². The van der Waals surface area contributed by atoms with Gasteiger partial charge in [-0.3, -0.25) is 4.79 Å². The molecule has 0 aliphatic rings. The maximum atomic E-state index is 12.0. The molecule has 0 aromatic heterocycles. The van der Waals surface area contributed by atoms with Gasteiger partial charge in [0.25, 0.3) is 6.43 Å². The van der Waals surface area contributed by atoms with E-state index in [1.54, 1.807) is 31.2 Å². The van der Waals surface area contributed by atoms with Gasteiger partial charge >= 0.3 is 0 Å². The quantitative estimate of drug-likeness (QED) is 0.809. The Kier molecular flexibility index (Phi) is 8.83. The molecule has 1 aromatic rings. The molecular weight excluding hydrogens is 290 g/mol. The molecule has 0 aliphatic heterocycles. The lowest BCUT2D eigenvalue weighted by Gasteiger charge is -2.11. The summed E-state index contributed by atoms with van der Waals surface area (Å²) in [4.78, 5) is 11.5. The molecule has 7 heteroatoms. The van der Waals surface area contributed by atoms with Crippen molar-refractivity contribution >= 4 is 18.3 Å². The third kappa shape index (κ3) is 6.68. The summed E-state index contributed by atoms with van der Waals surface area (Å²) in [5.41, 5.74) is 6.16. The van der Waals surface area contributed by atoms with Crippen LogP contribution in [0.3, 0.4) is 0 Å². The van der Waals surface area contributed by atoms with Crippen molar-refractivity contribution in [2.75, 3.05) is 13.2 Å². The Labute approximate surface area is 123 Å². The van der Waals surface area contributed by atoms with Crippen molar-refractivity contribution in [2.24, 2.45) is 11.7 Å². The predicted octanol–water partition coefficient (Wildman–Crippen LogP) is 1.96. The SMILES string of the molecule is CC(CN)C(=O)NCc1cccc(OCC(F)F)c1.Cl. The maximum Gasteiger partial charge on any atom is 0.272 e. The fourth-order valence-corrected chi connectivity index (χ4v) is 1.37. The molecule has 1 atom stereocenters. The van der Waals surface area contributed by atoms with E-state index in [9.17, 15) is 13.6 Å². The van der Waals surface area contributed by atoms with E-state index >= 15 is 0 Å². The van der Waals surface area contributed by atoms with E-state index < -0.39 is 13.0 Å². The van der Waals surface area contributed by atoms with E-state index in [0.29, 0.717) is 12.3 Å². The Balaban J connectivity index is 0.00000361. The van der Waals surface area contributed by atoms with Gasteiger partial charge < -0.3 is 15.8 Å². The Morgan fingerprint density at radius 2 is 2.15 bits per heavy atom. The van der Waals surface area contributed by atoms with Crippen LogP contribution in [0.4, 0.5) is 8.78 Å². The van der Waals surface area contributed by atoms with Gasteiger partial charge in [0.05, 0.1) is 0 Å². The van der Waals surface area contributed by atoms with Gasteiger partial charge in [-0.25, -0.2) is 8.78 Å². The summed E-state index contributed by atoms with van der Waals surface area (Å²) in [5.74, 6) is -0.0291. The number of carbonyl (C=O) groups is 1. The van der Waals surface area contributed by atoms with Crippen molar-refractivity contribution in [3.63, 3.8) is 0 Å². The monoisotopic (exact) mass is 308 g/mol. The molecule has 1 amide bonds. The minimum atomic E-state index is -2.51. The van der Waals surface area contributed by atoms with Crippen LogP contribution in [0, 0.1) is 5.92 Å². The molecule has 1 unspecified atom stereocenters. The first-order valence-electron chi connectivity index (χ1n) is 6.00. The molecule has 0 saturated carbocycles. The molecule has 1 aromatic carbocycles. The molecule has 0 fully saturated rings. The molecule has 4 nitrogen and oxygen atoms in total. The number of hydrogen-bond donors (Lipinski definition) is 2. The minimum Gasteiger partial charge on any atom is -0.488 e. The first kappa shape index (κ1) is 18.6. The second-order valence-electron chi connectivity index (χ2n) is 4.20. The minimum absolute atomic E-state index is 0. The number of alkyl halides is 2. The van der Waals surface area contributed by atoms with Gasteiger partial charge in [0.2, 0.25) is 5.91 Å². The average Bonchev–Trinajstić information content (AvgIpc) is 2.42. The van der Waals surface area contributed by atoms with Crippen LogP contribution in [0.5, 0.6) is 5.75 Å². The van der Waals surface area contributed by atoms with Crippen molar-refractivity contribution in [2.45, 2.75) is 19.9 Å².